The first kappa shape index (κ1) is 12.4. The van der Waals surface area contributed by atoms with Crippen molar-refractivity contribution in [3.8, 4) is 5.75 Å². The molecule has 0 spiro atoms. The van der Waals surface area contributed by atoms with Gasteiger partial charge in [0.1, 0.15) is 11.5 Å². The van der Waals surface area contributed by atoms with Crippen LogP contribution in [0.25, 0.3) is 0 Å². The molecule has 0 aliphatic rings. The molecule has 0 saturated carbocycles. The van der Waals surface area contributed by atoms with E-state index in [1.807, 2.05) is 30.3 Å². The number of methoxy groups -OCH3 is 1. The van der Waals surface area contributed by atoms with Crippen molar-refractivity contribution in [1.29, 1.82) is 0 Å². The molecule has 1 atom stereocenters. The van der Waals surface area contributed by atoms with E-state index >= 15 is 0 Å². The maximum atomic E-state index is 11.3. The molecular formula is C14H15NO3. The van der Waals surface area contributed by atoms with E-state index in [-0.39, 0.29) is 6.04 Å². The van der Waals surface area contributed by atoms with Crippen molar-refractivity contribution < 1.29 is 9.15 Å². The molecular weight excluding hydrogens is 230 g/mol. The number of hydrogen-bond acceptors (Lipinski definition) is 4. The second kappa shape index (κ2) is 5.51. The zero-order valence-electron chi connectivity index (χ0n) is 10.1. The zero-order chi connectivity index (χ0) is 13.0. The van der Waals surface area contributed by atoms with E-state index in [4.69, 9.17) is 14.9 Å². The van der Waals surface area contributed by atoms with Gasteiger partial charge in [-0.15, -0.1) is 0 Å². The van der Waals surface area contributed by atoms with Gasteiger partial charge in [-0.3, -0.25) is 0 Å². The Hall–Kier alpha value is -2.07. The van der Waals surface area contributed by atoms with Crippen molar-refractivity contribution in [2.24, 2.45) is 5.73 Å². The van der Waals surface area contributed by atoms with Gasteiger partial charge in [0.05, 0.1) is 19.2 Å². The maximum Gasteiger partial charge on any atom is 0.339 e. The molecule has 0 saturated heterocycles. The molecule has 0 aliphatic heterocycles. The second-order valence-corrected chi connectivity index (χ2v) is 4.01. The molecule has 0 radical (unpaired) electrons. The molecule has 18 heavy (non-hydrogen) atoms. The molecule has 94 valence electrons. The van der Waals surface area contributed by atoms with Gasteiger partial charge >= 0.3 is 5.63 Å². The molecule has 1 unspecified atom stereocenters. The molecule has 1 aromatic carbocycles. The molecule has 2 aromatic rings. The summed E-state index contributed by atoms with van der Waals surface area (Å²) in [5, 5.41) is 0. The van der Waals surface area contributed by atoms with Crippen LogP contribution in [0.2, 0.25) is 0 Å². The van der Waals surface area contributed by atoms with Gasteiger partial charge in [-0.05, 0) is 12.0 Å². The van der Waals surface area contributed by atoms with Crippen molar-refractivity contribution in [3.05, 3.63) is 64.2 Å². The number of hydrogen-bond donors (Lipinski definition) is 1. The van der Waals surface area contributed by atoms with Crippen molar-refractivity contribution in [2.45, 2.75) is 12.5 Å². The van der Waals surface area contributed by atoms with E-state index in [1.54, 1.807) is 6.07 Å². The fourth-order valence-electron chi connectivity index (χ4n) is 1.74. The Kier molecular flexibility index (Phi) is 3.79. The molecule has 4 heteroatoms. The predicted molar refractivity (Wildman–Crippen MR) is 68.6 cm³/mol. The van der Waals surface area contributed by atoms with Crippen LogP contribution in [0.4, 0.5) is 0 Å². The molecule has 2 N–H and O–H groups in total. The maximum absolute atomic E-state index is 11.3. The van der Waals surface area contributed by atoms with Crippen LogP contribution in [-0.2, 0) is 6.42 Å². The Morgan fingerprint density at radius 2 is 2.00 bits per heavy atom. The Balaban J connectivity index is 2.21. The second-order valence-electron chi connectivity index (χ2n) is 4.01. The quantitative estimate of drug-likeness (QED) is 0.893. The topological polar surface area (TPSA) is 65.5 Å². The first-order chi connectivity index (χ1) is 8.69. The number of ether oxygens (including phenoxy) is 1. The summed E-state index contributed by atoms with van der Waals surface area (Å²) in [7, 11) is 1.50. The highest BCUT2D eigenvalue weighted by Crippen LogP contribution is 2.18. The van der Waals surface area contributed by atoms with E-state index in [2.05, 4.69) is 0 Å². The number of benzene rings is 1. The lowest BCUT2D eigenvalue weighted by Crippen LogP contribution is -2.15. The van der Waals surface area contributed by atoms with E-state index in [0.717, 1.165) is 5.56 Å². The van der Waals surface area contributed by atoms with Crippen LogP contribution in [0, 0.1) is 0 Å². The van der Waals surface area contributed by atoms with Crippen LogP contribution in [0.5, 0.6) is 5.75 Å². The third-order valence-corrected chi connectivity index (χ3v) is 2.66. The van der Waals surface area contributed by atoms with Gasteiger partial charge in [0.25, 0.3) is 0 Å². The third-order valence-electron chi connectivity index (χ3n) is 2.66. The molecule has 0 amide bonds. The first-order valence-electron chi connectivity index (χ1n) is 5.67. The SMILES string of the molecule is COc1cc(C(N)Cc2ccccc2)oc(=O)c1. The normalized spacial score (nSPS) is 12.1. The van der Waals surface area contributed by atoms with Gasteiger partial charge in [-0.2, -0.15) is 0 Å². The fraction of sp³-hybridized carbons (Fsp3) is 0.214. The Bertz CT molecular complexity index is 563. The lowest BCUT2D eigenvalue weighted by atomic mass is 10.0. The van der Waals surface area contributed by atoms with E-state index in [0.29, 0.717) is 17.9 Å². The van der Waals surface area contributed by atoms with Gasteiger partial charge in [0.2, 0.25) is 0 Å². The Labute approximate surface area is 105 Å². The minimum absolute atomic E-state index is 0.366. The minimum Gasteiger partial charge on any atom is -0.496 e. The third kappa shape index (κ3) is 2.99. The summed E-state index contributed by atoms with van der Waals surface area (Å²) in [6.07, 6.45) is 0.608. The summed E-state index contributed by atoms with van der Waals surface area (Å²) in [6.45, 7) is 0. The van der Waals surface area contributed by atoms with E-state index in [9.17, 15) is 4.79 Å². The highest BCUT2D eigenvalue weighted by molar-refractivity contribution is 5.24. The Morgan fingerprint density at radius 1 is 1.28 bits per heavy atom. The summed E-state index contributed by atoms with van der Waals surface area (Å²) >= 11 is 0. The number of rotatable bonds is 4. The van der Waals surface area contributed by atoms with Gasteiger partial charge in [0, 0.05) is 6.07 Å². The van der Waals surface area contributed by atoms with Crippen molar-refractivity contribution in [3.63, 3.8) is 0 Å². The summed E-state index contributed by atoms with van der Waals surface area (Å²) in [5.41, 5.74) is 6.67. The zero-order valence-corrected chi connectivity index (χ0v) is 10.1. The lowest BCUT2D eigenvalue weighted by molar-refractivity contribution is 0.380. The summed E-state index contributed by atoms with van der Waals surface area (Å²) in [6, 6.07) is 12.4. The molecule has 2 rings (SSSR count). The summed E-state index contributed by atoms with van der Waals surface area (Å²) in [4.78, 5) is 11.3. The molecule has 4 nitrogen and oxygen atoms in total. The Morgan fingerprint density at radius 3 is 2.67 bits per heavy atom. The van der Waals surface area contributed by atoms with Crippen LogP contribution in [0.1, 0.15) is 17.4 Å². The molecule has 0 aliphatic carbocycles. The molecule has 1 heterocycles. The minimum atomic E-state index is -0.451. The lowest BCUT2D eigenvalue weighted by Gasteiger charge is -2.11. The summed E-state index contributed by atoms with van der Waals surface area (Å²) in [5.74, 6) is 0.896. The highest BCUT2D eigenvalue weighted by atomic mass is 16.5. The molecule has 0 bridgehead atoms. The van der Waals surface area contributed by atoms with Gasteiger partial charge in [0.15, 0.2) is 0 Å². The fourth-order valence-corrected chi connectivity index (χ4v) is 1.74. The largest absolute Gasteiger partial charge is 0.496 e. The smallest absolute Gasteiger partial charge is 0.339 e. The average Bonchev–Trinajstić information content (AvgIpc) is 2.39. The van der Waals surface area contributed by atoms with Crippen molar-refractivity contribution in [1.82, 2.24) is 0 Å². The van der Waals surface area contributed by atoms with Crippen molar-refractivity contribution in [2.75, 3.05) is 7.11 Å². The standard InChI is InChI=1S/C14H15NO3/c1-17-11-8-13(18-14(16)9-11)12(15)7-10-5-3-2-4-6-10/h2-6,8-9,12H,7,15H2,1H3. The van der Waals surface area contributed by atoms with Gasteiger partial charge in [-0.25, -0.2) is 4.79 Å². The van der Waals surface area contributed by atoms with Gasteiger partial charge < -0.3 is 14.9 Å². The number of nitrogens with two attached hydrogens (primary N) is 1. The highest BCUT2D eigenvalue weighted by Gasteiger charge is 2.12. The van der Waals surface area contributed by atoms with Crippen LogP contribution < -0.4 is 16.1 Å². The summed E-state index contributed by atoms with van der Waals surface area (Å²) < 4.78 is 10.1. The predicted octanol–water partition coefficient (Wildman–Crippen LogP) is 1.89. The van der Waals surface area contributed by atoms with Crippen LogP contribution in [0.3, 0.4) is 0 Å². The van der Waals surface area contributed by atoms with Crippen LogP contribution in [-0.4, -0.2) is 7.11 Å². The van der Waals surface area contributed by atoms with Gasteiger partial charge in [-0.1, -0.05) is 30.3 Å². The van der Waals surface area contributed by atoms with E-state index < -0.39 is 5.63 Å². The van der Waals surface area contributed by atoms with E-state index in [1.165, 1.54) is 13.2 Å². The average molecular weight is 245 g/mol. The molecule has 0 fully saturated rings. The first-order valence-corrected chi connectivity index (χ1v) is 5.67. The van der Waals surface area contributed by atoms with Crippen molar-refractivity contribution >= 4 is 0 Å². The molecule has 1 aromatic heterocycles. The van der Waals surface area contributed by atoms with Crippen LogP contribution >= 0.6 is 0 Å². The van der Waals surface area contributed by atoms with Crippen LogP contribution in [0.15, 0.2) is 51.7 Å². The monoisotopic (exact) mass is 245 g/mol.